The zero-order chi connectivity index (χ0) is 19.7. The Morgan fingerprint density at radius 2 is 1.79 bits per heavy atom. The molecule has 0 saturated heterocycles. The Kier molecular flexibility index (Phi) is 5.56. The highest BCUT2D eigenvalue weighted by Gasteiger charge is 2.24. The summed E-state index contributed by atoms with van der Waals surface area (Å²) in [4.78, 5) is 9.94. The third kappa shape index (κ3) is 3.61. The fourth-order valence-corrected chi connectivity index (χ4v) is 4.38. The number of nitrogens with zero attached hydrogens (tertiary/aromatic N) is 2. The van der Waals surface area contributed by atoms with Crippen LogP contribution in [0.1, 0.15) is 48.8 Å². The van der Waals surface area contributed by atoms with Gasteiger partial charge in [0, 0.05) is 10.6 Å². The minimum atomic E-state index is 0.283. The van der Waals surface area contributed by atoms with Gasteiger partial charge in [0.2, 0.25) is 0 Å². The van der Waals surface area contributed by atoms with E-state index in [0.717, 1.165) is 54.1 Å². The third-order valence-corrected chi connectivity index (χ3v) is 5.89. The van der Waals surface area contributed by atoms with Crippen LogP contribution in [0.5, 0.6) is 0 Å². The van der Waals surface area contributed by atoms with Crippen molar-refractivity contribution in [2.24, 2.45) is 0 Å². The first-order valence-corrected chi connectivity index (χ1v) is 10.6. The number of aryl methyl sites for hydroxylation is 3. The third-order valence-electron chi connectivity index (χ3n) is 5.34. The summed E-state index contributed by atoms with van der Waals surface area (Å²) in [7, 11) is 0. The molecule has 0 unspecified atom stereocenters. The van der Waals surface area contributed by atoms with Crippen LogP contribution in [0.3, 0.4) is 0 Å². The summed E-state index contributed by atoms with van der Waals surface area (Å²) in [5, 5.41) is 4.89. The SMILES string of the molecule is CCc1nc(-c2ccc(Cl)cc2Cl)c(CC)nc1N[C@H]1CCc2ccccc21. The summed E-state index contributed by atoms with van der Waals surface area (Å²) in [6, 6.07) is 14.4. The monoisotopic (exact) mass is 411 g/mol. The fraction of sp³-hybridized carbons (Fsp3) is 0.304. The Balaban J connectivity index is 1.73. The standard InChI is InChI=1S/C23H23Cl2N3/c1-3-19-22(17-11-10-15(24)13-18(17)25)26-20(4-2)23(27-19)28-21-12-9-14-7-5-6-8-16(14)21/h5-8,10-11,13,21H,3-4,9,12H2,1-2H3,(H,27,28)/t21-/m0/s1. The Morgan fingerprint density at radius 3 is 2.54 bits per heavy atom. The molecule has 0 amide bonds. The first-order chi connectivity index (χ1) is 13.6. The lowest BCUT2D eigenvalue weighted by Crippen LogP contribution is -2.13. The van der Waals surface area contributed by atoms with E-state index in [1.807, 2.05) is 12.1 Å². The summed E-state index contributed by atoms with van der Waals surface area (Å²) < 4.78 is 0. The van der Waals surface area contributed by atoms with Gasteiger partial charge < -0.3 is 5.32 Å². The lowest BCUT2D eigenvalue weighted by atomic mass is 10.1. The maximum atomic E-state index is 6.45. The average molecular weight is 412 g/mol. The summed E-state index contributed by atoms with van der Waals surface area (Å²) >= 11 is 12.5. The first-order valence-electron chi connectivity index (χ1n) is 9.80. The van der Waals surface area contributed by atoms with Crippen molar-refractivity contribution in [1.82, 2.24) is 9.97 Å². The molecule has 0 radical (unpaired) electrons. The Bertz CT molecular complexity index is 1020. The molecule has 4 rings (SSSR count). The molecule has 2 aromatic carbocycles. The molecule has 1 aromatic heterocycles. The second-order valence-corrected chi connectivity index (χ2v) is 7.92. The van der Waals surface area contributed by atoms with Crippen LogP contribution in [-0.4, -0.2) is 9.97 Å². The molecule has 0 saturated carbocycles. The van der Waals surface area contributed by atoms with Crippen LogP contribution in [0.2, 0.25) is 10.0 Å². The quantitative estimate of drug-likeness (QED) is 0.508. The van der Waals surface area contributed by atoms with Crippen molar-refractivity contribution in [3.63, 3.8) is 0 Å². The van der Waals surface area contributed by atoms with Crippen molar-refractivity contribution in [1.29, 1.82) is 0 Å². The van der Waals surface area contributed by atoms with E-state index < -0.39 is 0 Å². The number of aromatic nitrogens is 2. The molecule has 0 bridgehead atoms. The molecule has 0 fully saturated rings. The van der Waals surface area contributed by atoms with E-state index >= 15 is 0 Å². The number of nitrogens with one attached hydrogen (secondary N) is 1. The molecule has 1 heterocycles. The van der Waals surface area contributed by atoms with E-state index in [-0.39, 0.29) is 6.04 Å². The van der Waals surface area contributed by atoms with Crippen molar-refractivity contribution < 1.29 is 0 Å². The lowest BCUT2D eigenvalue weighted by Gasteiger charge is -2.19. The maximum Gasteiger partial charge on any atom is 0.148 e. The predicted molar refractivity (Wildman–Crippen MR) is 117 cm³/mol. The molecule has 1 aliphatic rings. The number of halogens is 2. The van der Waals surface area contributed by atoms with Crippen molar-refractivity contribution in [2.75, 3.05) is 5.32 Å². The number of fused-ring (bicyclic) bond motifs is 1. The minimum absolute atomic E-state index is 0.283. The van der Waals surface area contributed by atoms with Crippen molar-refractivity contribution in [3.8, 4) is 11.3 Å². The molecule has 144 valence electrons. The number of anilines is 1. The predicted octanol–water partition coefficient (Wildman–Crippen LogP) is 6.67. The molecule has 1 N–H and O–H groups in total. The van der Waals surface area contributed by atoms with Gasteiger partial charge in [0.1, 0.15) is 5.82 Å². The molecule has 1 aliphatic carbocycles. The Morgan fingerprint density at radius 1 is 1.00 bits per heavy atom. The van der Waals surface area contributed by atoms with E-state index in [2.05, 4.69) is 43.4 Å². The van der Waals surface area contributed by atoms with E-state index in [1.54, 1.807) is 6.07 Å². The fourth-order valence-electron chi connectivity index (χ4n) is 3.88. The summed E-state index contributed by atoms with van der Waals surface area (Å²) in [5.41, 5.74) is 6.42. The zero-order valence-electron chi connectivity index (χ0n) is 16.1. The van der Waals surface area contributed by atoms with Crippen LogP contribution in [-0.2, 0) is 19.3 Å². The Labute approximate surface area is 176 Å². The van der Waals surface area contributed by atoms with Gasteiger partial charge in [-0.1, -0.05) is 61.3 Å². The van der Waals surface area contributed by atoms with E-state index in [0.29, 0.717) is 10.0 Å². The van der Waals surface area contributed by atoms with Gasteiger partial charge in [-0.2, -0.15) is 0 Å². The molecule has 3 aromatic rings. The normalized spacial score (nSPS) is 15.5. The van der Waals surface area contributed by atoms with Gasteiger partial charge in [-0.25, -0.2) is 9.97 Å². The van der Waals surface area contributed by atoms with Gasteiger partial charge in [-0.15, -0.1) is 0 Å². The molecule has 0 spiro atoms. The van der Waals surface area contributed by atoms with Crippen LogP contribution in [0.15, 0.2) is 42.5 Å². The van der Waals surface area contributed by atoms with E-state index in [1.165, 1.54) is 11.1 Å². The average Bonchev–Trinajstić information content (AvgIpc) is 3.11. The van der Waals surface area contributed by atoms with Crippen LogP contribution in [0.4, 0.5) is 5.82 Å². The van der Waals surface area contributed by atoms with Crippen molar-refractivity contribution in [2.45, 2.75) is 45.6 Å². The van der Waals surface area contributed by atoms with Gasteiger partial charge in [-0.3, -0.25) is 0 Å². The van der Waals surface area contributed by atoms with Gasteiger partial charge in [0.15, 0.2) is 0 Å². The number of benzene rings is 2. The van der Waals surface area contributed by atoms with Crippen LogP contribution in [0.25, 0.3) is 11.3 Å². The van der Waals surface area contributed by atoms with Crippen LogP contribution < -0.4 is 5.32 Å². The molecule has 28 heavy (non-hydrogen) atoms. The van der Waals surface area contributed by atoms with E-state index in [4.69, 9.17) is 33.2 Å². The topological polar surface area (TPSA) is 37.8 Å². The zero-order valence-corrected chi connectivity index (χ0v) is 17.6. The molecule has 5 heteroatoms. The second-order valence-electron chi connectivity index (χ2n) is 7.08. The largest absolute Gasteiger partial charge is 0.362 e. The Hall–Kier alpha value is -2.10. The van der Waals surface area contributed by atoms with Crippen molar-refractivity contribution in [3.05, 3.63) is 75.0 Å². The summed E-state index contributed by atoms with van der Waals surface area (Å²) in [6.45, 7) is 4.20. The van der Waals surface area contributed by atoms with Gasteiger partial charge in [0.05, 0.1) is 28.1 Å². The van der Waals surface area contributed by atoms with Gasteiger partial charge in [-0.05, 0) is 55.0 Å². The van der Waals surface area contributed by atoms with Crippen LogP contribution in [0, 0.1) is 0 Å². The van der Waals surface area contributed by atoms with Gasteiger partial charge in [0.25, 0.3) is 0 Å². The number of hydrogen-bond acceptors (Lipinski definition) is 3. The van der Waals surface area contributed by atoms with Crippen LogP contribution >= 0.6 is 23.2 Å². The highest BCUT2D eigenvalue weighted by molar-refractivity contribution is 6.36. The van der Waals surface area contributed by atoms with Crippen molar-refractivity contribution >= 4 is 29.0 Å². The van der Waals surface area contributed by atoms with Gasteiger partial charge >= 0.3 is 0 Å². The molecule has 0 aliphatic heterocycles. The highest BCUT2D eigenvalue weighted by atomic mass is 35.5. The smallest absolute Gasteiger partial charge is 0.148 e. The van der Waals surface area contributed by atoms with E-state index in [9.17, 15) is 0 Å². The lowest BCUT2D eigenvalue weighted by molar-refractivity contribution is 0.750. The first kappa shape index (κ1) is 19.2. The number of hydrogen-bond donors (Lipinski definition) is 1. The maximum absolute atomic E-state index is 6.45. The second kappa shape index (κ2) is 8.10. The highest BCUT2D eigenvalue weighted by Crippen LogP contribution is 2.36. The summed E-state index contributed by atoms with van der Waals surface area (Å²) in [5.74, 6) is 0.884. The molecular formula is C23H23Cl2N3. The molecule has 3 nitrogen and oxygen atoms in total. The molecular weight excluding hydrogens is 389 g/mol. The summed E-state index contributed by atoms with van der Waals surface area (Å²) in [6.07, 6.45) is 3.76. The number of rotatable bonds is 5. The minimum Gasteiger partial charge on any atom is -0.362 e. The molecule has 1 atom stereocenters.